The number of furan rings is 1. The zero-order valence-corrected chi connectivity index (χ0v) is 16.9. The number of nitrogens with zero attached hydrogens (tertiary/aromatic N) is 4. The highest BCUT2D eigenvalue weighted by atomic mass is 35.5. The standard InChI is InChI=1S/C21H23ClN4O2/c1-3-4-5-6-9-16-23-18-19(22)24-20(15-12-11-14(2)28-15)25-21(18)26(16)17-10-7-8-13-27-17/h11-12,17H,3-5,7-8,10,13H2,1-2H3. The topological polar surface area (TPSA) is 66.0 Å². The van der Waals surface area contributed by atoms with Crippen molar-refractivity contribution in [1.82, 2.24) is 19.5 Å². The van der Waals surface area contributed by atoms with Gasteiger partial charge in [-0.3, -0.25) is 4.57 Å². The Labute approximate surface area is 169 Å². The molecule has 0 aliphatic carbocycles. The van der Waals surface area contributed by atoms with Crippen LogP contribution in [0.3, 0.4) is 0 Å². The van der Waals surface area contributed by atoms with E-state index < -0.39 is 0 Å². The summed E-state index contributed by atoms with van der Waals surface area (Å²) in [4.78, 5) is 13.8. The second-order valence-corrected chi connectivity index (χ2v) is 7.31. The van der Waals surface area contributed by atoms with Gasteiger partial charge in [0.1, 0.15) is 17.5 Å². The Hall–Kier alpha value is -2.36. The van der Waals surface area contributed by atoms with Crippen LogP contribution in [0, 0.1) is 18.8 Å². The maximum absolute atomic E-state index is 6.47. The van der Waals surface area contributed by atoms with E-state index in [1.807, 2.05) is 23.6 Å². The molecule has 0 amide bonds. The molecule has 0 aromatic carbocycles. The third-order valence-corrected chi connectivity index (χ3v) is 5.02. The lowest BCUT2D eigenvalue weighted by atomic mass is 10.2. The minimum absolute atomic E-state index is 0.147. The largest absolute Gasteiger partial charge is 0.458 e. The molecule has 4 rings (SSSR count). The van der Waals surface area contributed by atoms with E-state index in [2.05, 4.69) is 28.7 Å². The zero-order valence-electron chi connectivity index (χ0n) is 16.2. The fourth-order valence-electron chi connectivity index (χ4n) is 3.30. The van der Waals surface area contributed by atoms with Gasteiger partial charge in [0.15, 0.2) is 28.2 Å². The second-order valence-electron chi connectivity index (χ2n) is 6.95. The molecule has 1 aliphatic rings. The summed E-state index contributed by atoms with van der Waals surface area (Å²) in [6, 6.07) is 3.72. The minimum Gasteiger partial charge on any atom is -0.458 e. The summed E-state index contributed by atoms with van der Waals surface area (Å²) in [5.74, 6) is 8.85. The van der Waals surface area contributed by atoms with Crippen molar-refractivity contribution in [2.75, 3.05) is 6.61 Å². The number of aromatic nitrogens is 4. The fraction of sp³-hybridized carbons (Fsp3) is 0.476. The molecule has 3 aromatic rings. The van der Waals surface area contributed by atoms with Crippen molar-refractivity contribution in [2.24, 2.45) is 0 Å². The molecule has 7 heteroatoms. The Morgan fingerprint density at radius 3 is 2.86 bits per heavy atom. The van der Waals surface area contributed by atoms with E-state index in [0.29, 0.717) is 33.7 Å². The van der Waals surface area contributed by atoms with Crippen LogP contribution in [0.1, 0.15) is 63.3 Å². The van der Waals surface area contributed by atoms with Crippen molar-refractivity contribution < 1.29 is 9.15 Å². The molecule has 0 spiro atoms. The summed E-state index contributed by atoms with van der Waals surface area (Å²) in [5, 5.41) is 0.292. The van der Waals surface area contributed by atoms with Gasteiger partial charge in [-0.1, -0.05) is 30.9 Å². The number of hydrogen-bond donors (Lipinski definition) is 0. The fourth-order valence-corrected chi connectivity index (χ4v) is 3.51. The first kappa shape index (κ1) is 19.0. The molecule has 146 valence electrons. The normalized spacial score (nSPS) is 16.9. The number of imidazole rings is 1. The monoisotopic (exact) mass is 398 g/mol. The van der Waals surface area contributed by atoms with E-state index in [9.17, 15) is 0 Å². The third kappa shape index (κ3) is 3.78. The number of halogens is 1. The maximum atomic E-state index is 6.47. The average molecular weight is 399 g/mol. The number of unbranched alkanes of at least 4 members (excludes halogenated alkanes) is 2. The smallest absolute Gasteiger partial charge is 0.199 e. The van der Waals surface area contributed by atoms with Gasteiger partial charge in [-0.25, -0.2) is 15.0 Å². The number of fused-ring (bicyclic) bond motifs is 1. The van der Waals surface area contributed by atoms with Gasteiger partial charge < -0.3 is 9.15 Å². The molecule has 0 saturated carbocycles. The molecule has 0 N–H and O–H groups in total. The Kier molecular flexibility index (Phi) is 5.65. The first-order valence-electron chi connectivity index (χ1n) is 9.80. The van der Waals surface area contributed by atoms with Crippen LogP contribution in [0.2, 0.25) is 5.15 Å². The van der Waals surface area contributed by atoms with Gasteiger partial charge in [0.2, 0.25) is 0 Å². The van der Waals surface area contributed by atoms with Crippen LogP contribution in [-0.4, -0.2) is 26.1 Å². The van der Waals surface area contributed by atoms with E-state index in [1.165, 1.54) is 0 Å². The minimum atomic E-state index is -0.147. The van der Waals surface area contributed by atoms with Gasteiger partial charge in [-0.05, 0) is 50.7 Å². The lowest BCUT2D eigenvalue weighted by Crippen LogP contribution is -2.19. The molecule has 1 unspecified atom stereocenters. The van der Waals surface area contributed by atoms with Gasteiger partial charge in [-0.15, -0.1) is 0 Å². The summed E-state index contributed by atoms with van der Waals surface area (Å²) in [6.45, 7) is 4.75. The summed E-state index contributed by atoms with van der Waals surface area (Å²) in [5.41, 5.74) is 1.18. The highest BCUT2D eigenvalue weighted by Gasteiger charge is 2.25. The van der Waals surface area contributed by atoms with Gasteiger partial charge >= 0.3 is 0 Å². The molecule has 1 aliphatic heterocycles. The summed E-state index contributed by atoms with van der Waals surface area (Å²) in [6.07, 6.45) is 5.92. The van der Waals surface area contributed by atoms with Crippen molar-refractivity contribution in [3.05, 3.63) is 28.9 Å². The quantitative estimate of drug-likeness (QED) is 0.339. The Morgan fingerprint density at radius 2 is 2.14 bits per heavy atom. The van der Waals surface area contributed by atoms with E-state index in [-0.39, 0.29) is 6.23 Å². The van der Waals surface area contributed by atoms with Crippen molar-refractivity contribution in [3.8, 4) is 23.4 Å². The molecule has 0 radical (unpaired) electrons. The molecular formula is C21H23ClN4O2. The van der Waals surface area contributed by atoms with Crippen LogP contribution in [0.15, 0.2) is 16.5 Å². The second kappa shape index (κ2) is 8.34. The van der Waals surface area contributed by atoms with E-state index >= 15 is 0 Å². The summed E-state index contributed by atoms with van der Waals surface area (Å²) >= 11 is 6.47. The molecule has 1 saturated heterocycles. The predicted octanol–water partition coefficient (Wildman–Crippen LogP) is 5.29. The SMILES string of the molecule is CCCCC#Cc1nc2c(Cl)nc(-c3ccc(C)o3)nc2n1C1CCCCO1. The average Bonchev–Trinajstić information content (AvgIpc) is 3.30. The van der Waals surface area contributed by atoms with Crippen molar-refractivity contribution in [1.29, 1.82) is 0 Å². The van der Waals surface area contributed by atoms with Crippen LogP contribution in [0.25, 0.3) is 22.7 Å². The van der Waals surface area contributed by atoms with E-state index in [0.717, 1.165) is 50.9 Å². The molecule has 3 aromatic heterocycles. The lowest BCUT2D eigenvalue weighted by molar-refractivity contribution is -0.0302. The van der Waals surface area contributed by atoms with Gasteiger partial charge in [0, 0.05) is 13.0 Å². The first-order chi connectivity index (χ1) is 13.7. The number of hydrogen-bond acceptors (Lipinski definition) is 5. The molecule has 1 fully saturated rings. The van der Waals surface area contributed by atoms with Gasteiger partial charge in [0.25, 0.3) is 0 Å². The number of aryl methyl sites for hydroxylation is 1. The van der Waals surface area contributed by atoms with E-state index in [1.54, 1.807) is 0 Å². The van der Waals surface area contributed by atoms with E-state index in [4.69, 9.17) is 25.7 Å². The van der Waals surface area contributed by atoms with Gasteiger partial charge in [0.05, 0.1) is 0 Å². The van der Waals surface area contributed by atoms with Crippen LogP contribution < -0.4 is 0 Å². The zero-order chi connectivity index (χ0) is 19.5. The Balaban J connectivity index is 1.85. The van der Waals surface area contributed by atoms with Gasteiger partial charge in [-0.2, -0.15) is 0 Å². The van der Waals surface area contributed by atoms with Crippen LogP contribution >= 0.6 is 11.6 Å². The summed E-state index contributed by atoms with van der Waals surface area (Å²) < 4.78 is 13.7. The molecule has 4 heterocycles. The molecular weight excluding hydrogens is 376 g/mol. The first-order valence-corrected chi connectivity index (χ1v) is 10.2. The van der Waals surface area contributed by atoms with Crippen LogP contribution in [0.5, 0.6) is 0 Å². The number of rotatable bonds is 4. The van der Waals surface area contributed by atoms with Crippen molar-refractivity contribution in [2.45, 2.75) is 58.6 Å². The molecule has 1 atom stereocenters. The highest BCUT2D eigenvalue weighted by molar-refractivity contribution is 6.33. The summed E-state index contributed by atoms with van der Waals surface area (Å²) in [7, 11) is 0. The maximum Gasteiger partial charge on any atom is 0.199 e. The Morgan fingerprint density at radius 1 is 1.25 bits per heavy atom. The van der Waals surface area contributed by atoms with Crippen molar-refractivity contribution >= 4 is 22.8 Å². The highest BCUT2D eigenvalue weighted by Crippen LogP contribution is 2.31. The number of ether oxygens (including phenoxy) is 1. The third-order valence-electron chi connectivity index (χ3n) is 4.76. The van der Waals surface area contributed by atoms with Crippen molar-refractivity contribution in [3.63, 3.8) is 0 Å². The Bertz CT molecular complexity index is 1040. The molecule has 28 heavy (non-hydrogen) atoms. The molecule has 0 bridgehead atoms. The van der Waals surface area contributed by atoms with Crippen LogP contribution in [-0.2, 0) is 4.74 Å². The van der Waals surface area contributed by atoms with Crippen LogP contribution in [0.4, 0.5) is 0 Å². The molecule has 6 nitrogen and oxygen atoms in total. The lowest BCUT2D eigenvalue weighted by Gasteiger charge is -2.24. The predicted molar refractivity (Wildman–Crippen MR) is 108 cm³/mol.